The molecule has 0 aliphatic heterocycles. The SMILES string of the molecule is COC1CCCC(Oc2cccc(CBr)c2)C1. The van der Waals surface area contributed by atoms with Crippen molar-refractivity contribution in [1.82, 2.24) is 0 Å². The van der Waals surface area contributed by atoms with Crippen molar-refractivity contribution in [2.45, 2.75) is 43.2 Å². The molecule has 0 bridgehead atoms. The molecule has 0 N–H and O–H groups in total. The zero-order chi connectivity index (χ0) is 12.1. The Bertz CT molecular complexity index is 354. The van der Waals surface area contributed by atoms with E-state index in [-0.39, 0.29) is 0 Å². The minimum absolute atomic E-state index is 0.305. The molecular formula is C14H19BrO2. The van der Waals surface area contributed by atoms with Gasteiger partial charge in [-0.1, -0.05) is 28.1 Å². The number of alkyl halides is 1. The summed E-state index contributed by atoms with van der Waals surface area (Å²) in [6.45, 7) is 0. The first-order chi connectivity index (χ1) is 8.31. The largest absolute Gasteiger partial charge is 0.490 e. The third-order valence-electron chi connectivity index (χ3n) is 3.27. The van der Waals surface area contributed by atoms with Crippen LogP contribution in [-0.2, 0) is 10.1 Å². The van der Waals surface area contributed by atoms with E-state index in [1.807, 2.05) is 12.1 Å². The topological polar surface area (TPSA) is 18.5 Å². The highest BCUT2D eigenvalue weighted by molar-refractivity contribution is 9.08. The van der Waals surface area contributed by atoms with Gasteiger partial charge in [0, 0.05) is 18.9 Å². The molecule has 2 rings (SSSR count). The van der Waals surface area contributed by atoms with Gasteiger partial charge in [-0.15, -0.1) is 0 Å². The average Bonchev–Trinajstić information content (AvgIpc) is 2.39. The monoisotopic (exact) mass is 298 g/mol. The van der Waals surface area contributed by atoms with Gasteiger partial charge in [0.25, 0.3) is 0 Å². The van der Waals surface area contributed by atoms with Crippen molar-refractivity contribution in [2.75, 3.05) is 7.11 Å². The molecule has 0 saturated heterocycles. The summed E-state index contributed by atoms with van der Waals surface area (Å²) >= 11 is 3.46. The third kappa shape index (κ3) is 3.71. The highest BCUT2D eigenvalue weighted by Crippen LogP contribution is 2.26. The molecule has 0 spiro atoms. The van der Waals surface area contributed by atoms with Crippen LogP contribution >= 0.6 is 15.9 Å². The van der Waals surface area contributed by atoms with Crippen molar-refractivity contribution in [3.63, 3.8) is 0 Å². The van der Waals surface area contributed by atoms with E-state index in [2.05, 4.69) is 28.1 Å². The fourth-order valence-corrected chi connectivity index (χ4v) is 2.67. The molecule has 0 amide bonds. The molecular weight excluding hydrogens is 280 g/mol. The summed E-state index contributed by atoms with van der Waals surface area (Å²) < 4.78 is 11.4. The third-order valence-corrected chi connectivity index (χ3v) is 3.91. The zero-order valence-corrected chi connectivity index (χ0v) is 11.8. The number of rotatable bonds is 4. The highest BCUT2D eigenvalue weighted by Gasteiger charge is 2.22. The Morgan fingerprint density at radius 3 is 2.88 bits per heavy atom. The molecule has 0 aromatic heterocycles. The average molecular weight is 299 g/mol. The van der Waals surface area contributed by atoms with Crippen LogP contribution < -0.4 is 4.74 Å². The number of halogens is 1. The quantitative estimate of drug-likeness (QED) is 0.785. The van der Waals surface area contributed by atoms with E-state index in [1.54, 1.807) is 7.11 Å². The Morgan fingerprint density at radius 1 is 1.29 bits per heavy atom. The molecule has 94 valence electrons. The summed E-state index contributed by atoms with van der Waals surface area (Å²) in [6, 6.07) is 8.27. The van der Waals surface area contributed by atoms with E-state index in [0.717, 1.165) is 30.3 Å². The number of methoxy groups -OCH3 is 1. The van der Waals surface area contributed by atoms with Crippen LogP contribution in [0.15, 0.2) is 24.3 Å². The van der Waals surface area contributed by atoms with Gasteiger partial charge >= 0.3 is 0 Å². The molecule has 2 atom stereocenters. The van der Waals surface area contributed by atoms with Gasteiger partial charge in [0.2, 0.25) is 0 Å². The predicted molar refractivity (Wildman–Crippen MR) is 72.8 cm³/mol. The predicted octanol–water partition coefficient (Wildman–Crippen LogP) is 3.92. The van der Waals surface area contributed by atoms with E-state index in [4.69, 9.17) is 9.47 Å². The van der Waals surface area contributed by atoms with Gasteiger partial charge in [0.15, 0.2) is 0 Å². The first-order valence-corrected chi connectivity index (χ1v) is 7.28. The normalized spacial score (nSPS) is 24.6. The second-order valence-electron chi connectivity index (χ2n) is 4.55. The van der Waals surface area contributed by atoms with E-state index >= 15 is 0 Å². The summed E-state index contributed by atoms with van der Waals surface area (Å²) in [5.74, 6) is 0.976. The van der Waals surface area contributed by atoms with Crippen LogP contribution in [0.1, 0.15) is 31.2 Å². The van der Waals surface area contributed by atoms with Crippen LogP contribution in [0.25, 0.3) is 0 Å². The van der Waals surface area contributed by atoms with Crippen molar-refractivity contribution >= 4 is 15.9 Å². The molecule has 0 radical (unpaired) electrons. The molecule has 1 aromatic rings. The van der Waals surface area contributed by atoms with E-state index < -0.39 is 0 Å². The van der Waals surface area contributed by atoms with Crippen molar-refractivity contribution < 1.29 is 9.47 Å². The Balaban J connectivity index is 1.95. The number of hydrogen-bond donors (Lipinski definition) is 0. The van der Waals surface area contributed by atoms with Crippen LogP contribution in [0.4, 0.5) is 0 Å². The lowest BCUT2D eigenvalue weighted by molar-refractivity contribution is 0.0209. The Hall–Kier alpha value is -0.540. The Morgan fingerprint density at radius 2 is 2.12 bits per heavy atom. The molecule has 1 fully saturated rings. The van der Waals surface area contributed by atoms with Crippen molar-refractivity contribution in [3.05, 3.63) is 29.8 Å². The van der Waals surface area contributed by atoms with Gasteiger partial charge in [-0.3, -0.25) is 0 Å². The molecule has 1 aliphatic rings. The first-order valence-electron chi connectivity index (χ1n) is 6.16. The van der Waals surface area contributed by atoms with Crippen LogP contribution in [0.5, 0.6) is 5.75 Å². The van der Waals surface area contributed by atoms with Gasteiger partial charge in [-0.25, -0.2) is 0 Å². The second-order valence-corrected chi connectivity index (χ2v) is 5.11. The van der Waals surface area contributed by atoms with Crippen LogP contribution in [0.2, 0.25) is 0 Å². The summed E-state index contributed by atoms with van der Waals surface area (Å²) in [7, 11) is 1.79. The Labute approximate surface area is 111 Å². The molecule has 1 aliphatic carbocycles. The van der Waals surface area contributed by atoms with Gasteiger partial charge in [-0.2, -0.15) is 0 Å². The summed E-state index contributed by atoms with van der Waals surface area (Å²) in [5, 5.41) is 0.871. The van der Waals surface area contributed by atoms with Crippen LogP contribution in [0, 0.1) is 0 Å². The number of benzene rings is 1. The maximum absolute atomic E-state index is 6.03. The van der Waals surface area contributed by atoms with Gasteiger partial charge in [0.05, 0.1) is 6.10 Å². The van der Waals surface area contributed by atoms with Crippen LogP contribution in [0.3, 0.4) is 0 Å². The molecule has 3 heteroatoms. The van der Waals surface area contributed by atoms with Crippen molar-refractivity contribution in [2.24, 2.45) is 0 Å². The van der Waals surface area contributed by atoms with Crippen molar-refractivity contribution in [3.8, 4) is 5.75 Å². The molecule has 1 aromatic carbocycles. The number of hydrogen-bond acceptors (Lipinski definition) is 2. The molecule has 0 heterocycles. The lowest BCUT2D eigenvalue weighted by Crippen LogP contribution is -2.29. The van der Waals surface area contributed by atoms with E-state index in [0.29, 0.717) is 12.2 Å². The first kappa shape index (κ1) is 12.9. The Kier molecular flexibility index (Phi) is 4.86. The van der Waals surface area contributed by atoms with E-state index in [9.17, 15) is 0 Å². The molecule has 2 unspecified atom stereocenters. The molecule has 1 saturated carbocycles. The lowest BCUT2D eigenvalue weighted by atomic mass is 9.95. The number of ether oxygens (including phenoxy) is 2. The highest BCUT2D eigenvalue weighted by atomic mass is 79.9. The van der Waals surface area contributed by atoms with Gasteiger partial charge < -0.3 is 9.47 Å². The van der Waals surface area contributed by atoms with Crippen LogP contribution in [-0.4, -0.2) is 19.3 Å². The molecule has 17 heavy (non-hydrogen) atoms. The molecule has 2 nitrogen and oxygen atoms in total. The van der Waals surface area contributed by atoms with Crippen molar-refractivity contribution in [1.29, 1.82) is 0 Å². The fraction of sp³-hybridized carbons (Fsp3) is 0.571. The zero-order valence-electron chi connectivity index (χ0n) is 10.2. The maximum atomic E-state index is 6.03. The van der Waals surface area contributed by atoms with Gasteiger partial charge in [-0.05, 0) is 37.0 Å². The summed E-state index contributed by atoms with van der Waals surface area (Å²) in [5.41, 5.74) is 1.25. The summed E-state index contributed by atoms with van der Waals surface area (Å²) in [6.07, 6.45) is 5.18. The van der Waals surface area contributed by atoms with E-state index in [1.165, 1.54) is 12.0 Å². The second kappa shape index (κ2) is 6.41. The summed E-state index contributed by atoms with van der Waals surface area (Å²) in [4.78, 5) is 0. The minimum Gasteiger partial charge on any atom is -0.490 e. The maximum Gasteiger partial charge on any atom is 0.120 e. The lowest BCUT2D eigenvalue weighted by Gasteiger charge is -2.28. The van der Waals surface area contributed by atoms with Gasteiger partial charge in [0.1, 0.15) is 11.9 Å². The fourth-order valence-electron chi connectivity index (χ4n) is 2.32. The smallest absolute Gasteiger partial charge is 0.120 e. The minimum atomic E-state index is 0.305. The standard InChI is InChI=1S/C14H19BrO2/c1-16-12-5-3-7-14(9-12)17-13-6-2-4-11(8-13)10-15/h2,4,6,8,12,14H,3,5,7,9-10H2,1H3.